The minimum atomic E-state index is -3.88. The van der Waals surface area contributed by atoms with Gasteiger partial charge >= 0.3 is 0 Å². The minimum Gasteiger partial charge on any atom is -0.273 e. The molecule has 0 radical (unpaired) electrons. The zero-order chi connectivity index (χ0) is 13.6. The lowest BCUT2D eigenvalue weighted by Crippen LogP contribution is -2.28. The number of sulfonamides is 2. The van der Waals surface area contributed by atoms with E-state index in [-0.39, 0.29) is 9.10 Å². The zero-order valence-corrected chi connectivity index (χ0v) is 12.0. The Morgan fingerprint density at radius 3 is 2.67 bits per heavy atom. The molecular weight excluding hydrogens is 296 g/mol. The fraction of sp³-hybridized carbons (Fsp3) is 0.333. The minimum absolute atomic E-state index is 0.00692. The van der Waals surface area contributed by atoms with Gasteiger partial charge in [-0.15, -0.1) is 11.3 Å². The van der Waals surface area contributed by atoms with Gasteiger partial charge in [0.05, 0.1) is 4.88 Å². The molecule has 6 nitrogen and oxygen atoms in total. The predicted octanol–water partition coefficient (Wildman–Crippen LogP) is 0.781. The molecule has 0 aliphatic carbocycles. The average molecular weight is 308 g/mol. The molecule has 100 valence electrons. The van der Waals surface area contributed by atoms with Crippen molar-refractivity contribution >= 4 is 37.5 Å². The SMILES string of the molecule is CCCN1C=Cc2sc(S(N)(=O)=O)cc2S1(=O)=O. The first-order chi connectivity index (χ1) is 8.26. The Kier molecular flexibility index (Phi) is 3.26. The molecule has 0 saturated carbocycles. The van der Waals surface area contributed by atoms with E-state index in [9.17, 15) is 16.8 Å². The molecule has 2 rings (SSSR count). The first kappa shape index (κ1) is 13.5. The molecule has 0 saturated heterocycles. The molecule has 2 N–H and O–H groups in total. The Bertz CT molecular complexity index is 700. The maximum Gasteiger partial charge on any atom is 0.265 e. The van der Waals surface area contributed by atoms with Crippen molar-refractivity contribution in [2.24, 2.45) is 5.14 Å². The van der Waals surface area contributed by atoms with E-state index in [1.807, 2.05) is 6.92 Å². The topological polar surface area (TPSA) is 97.5 Å². The molecule has 1 aliphatic heterocycles. The second-order valence-corrected chi connectivity index (χ2v) is 8.50. The van der Waals surface area contributed by atoms with Gasteiger partial charge in [0.1, 0.15) is 9.10 Å². The summed E-state index contributed by atoms with van der Waals surface area (Å²) in [5, 5.41) is 5.00. The zero-order valence-electron chi connectivity index (χ0n) is 9.53. The van der Waals surface area contributed by atoms with Gasteiger partial charge in [0, 0.05) is 12.7 Å². The smallest absolute Gasteiger partial charge is 0.265 e. The van der Waals surface area contributed by atoms with E-state index in [0.29, 0.717) is 17.8 Å². The fourth-order valence-corrected chi connectivity index (χ4v) is 5.37. The van der Waals surface area contributed by atoms with E-state index in [1.54, 1.807) is 6.08 Å². The van der Waals surface area contributed by atoms with E-state index in [2.05, 4.69) is 0 Å². The highest BCUT2D eigenvalue weighted by atomic mass is 32.2. The lowest BCUT2D eigenvalue weighted by Gasteiger charge is -2.22. The summed E-state index contributed by atoms with van der Waals surface area (Å²) in [5.41, 5.74) is 0. The number of nitrogens with zero attached hydrogens (tertiary/aromatic N) is 1. The normalized spacial score (nSPS) is 17.8. The molecule has 0 fully saturated rings. The third kappa shape index (κ3) is 2.18. The van der Waals surface area contributed by atoms with Gasteiger partial charge in [-0.25, -0.2) is 22.0 Å². The molecule has 18 heavy (non-hydrogen) atoms. The first-order valence-electron chi connectivity index (χ1n) is 5.13. The van der Waals surface area contributed by atoms with Crippen molar-refractivity contribution in [3.63, 3.8) is 0 Å². The summed E-state index contributed by atoms with van der Waals surface area (Å²) in [6, 6.07) is 1.12. The molecule has 0 atom stereocenters. The van der Waals surface area contributed by atoms with Crippen LogP contribution in [0.1, 0.15) is 18.2 Å². The van der Waals surface area contributed by atoms with E-state index in [0.717, 1.165) is 17.4 Å². The first-order valence-corrected chi connectivity index (χ1v) is 8.94. The fourth-order valence-electron chi connectivity index (χ4n) is 1.60. The summed E-state index contributed by atoms with van der Waals surface area (Å²) in [4.78, 5) is 0.402. The molecule has 0 amide bonds. The van der Waals surface area contributed by atoms with E-state index in [1.165, 1.54) is 10.5 Å². The largest absolute Gasteiger partial charge is 0.273 e. The Morgan fingerprint density at radius 2 is 2.11 bits per heavy atom. The maximum atomic E-state index is 12.2. The van der Waals surface area contributed by atoms with E-state index < -0.39 is 20.0 Å². The molecule has 0 unspecified atom stereocenters. The van der Waals surface area contributed by atoms with Crippen molar-refractivity contribution in [2.45, 2.75) is 22.4 Å². The molecule has 9 heteroatoms. The lowest BCUT2D eigenvalue weighted by atomic mass is 10.4. The summed E-state index contributed by atoms with van der Waals surface area (Å²) < 4.78 is 47.9. The van der Waals surface area contributed by atoms with Crippen LogP contribution in [0.4, 0.5) is 0 Å². The summed E-state index contributed by atoms with van der Waals surface area (Å²) in [7, 11) is -7.52. The van der Waals surface area contributed by atoms with Crippen LogP contribution in [0.2, 0.25) is 0 Å². The van der Waals surface area contributed by atoms with Crippen LogP contribution in [0.5, 0.6) is 0 Å². The van der Waals surface area contributed by atoms with Crippen LogP contribution in [0, 0.1) is 0 Å². The number of nitrogens with two attached hydrogens (primary N) is 1. The lowest BCUT2D eigenvalue weighted by molar-refractivity contribution is 0.495. The summed E-state index contributed by atoms with van der Waals surface area (Å²) in [6.07, 6.45) is 3.71. The van der Waals surface area contributed by atoms with Crippen molar-refractivity contribution in [1.29, 1.82) is 0 Å². The summed E-state index contributed by atoms with van der Waals surface area (Å²) in [6.45, 7) is 2.22. The number of hydrogen-bond acceptors (Lipinski definition) is 5. The molecule has 0 bridgehead atoms. The number of primary sulfonamides is 1. The third-order valence-electron chi connectivity index (χ3n) is 2.41. The summed E-state index contributed by atoms with van der Waals surface area (Å²) >= 11 is 0.859. The average Bonchev–Trinajstić information content (AvgIpc) is 2.67. The van der Waals surface area contributed by atoms with Crippen LogP contribution in [0.15, 0.2) is 21.4 Å². The number of thiophene rings is 1. The highest BCUT2D eigenvalue weighted by molar-refractivity contribution is 7.92. The monoisotopic (exact) mass is 308 g/mol. The van der Waals surface area contributed by atoms with Crippen molar-refractivity contribution < 1.29 is 16.8 Å². The van der Waals surface area contributed by atoms with Gasteiger partial charge in [-0.05, 0) is 18.6 Å². The van der Waals surface area contributed by atoms with Crippen molar-refractivity contribution in [3.05, 3.63) is 17.1 Å². The predicted molar refractivity (Wildman–Crippen MR) is 68.9 cm³/mol. The van der Waals surface area contributed by atoms with Gasteiger partial charge in [-0.1, -0.05) is 6.92 Å². The van der Waals surface area contributed by atoms with Crippen molar-refractivity contribution in [1.82, 2.24) is 4.31 Å². The number of fused-ring (bicyclic) bond motifs is 1. The molecular formula is C9H12N2O4S3. The second-order valence-electron chi connectivity index (χ2n) is 3.77. The van der Waals surface area contributed by atoms with Gasteiger partial charge in [0.25, 0.3) is 10.0 Å². The molecule has 1 aliphatic rings. The standard InChI is InChI=1S/C9H12N2O4S3/c1-2-4-11-5-3-7-8(18(11,14)15)6-9(16-7)17(10,12)13/h3,5-6H,2,4H2,1H3,(H2,10,12,13). The summed E-state index contributed by atoms with van der Waals surface area (Å²) in [5.74, 6) is 0. The molecule has 0 aromatic carbocycles. The van der Waals surface area contributed by atoms with Crippen LogP contribution in [-0.2, 0) is 20.0 Å². The molecule has 1 aromatic rings. The van der Waals surface area contributed by atoms with Crippen LogP contribution in [-0.4, -0.2) is 27.7 Å². The molecule has 2 heterocycles. The second kappa shape index (κ2) is 4.34. The van der Waals surface area contributed by atoms with Crippen LogP contribution in [0.25, 0.3) is 6.08 Å². The quantitative estimate of drug-likeness (QED) is 0.892. The maximum absolute atomic E-state index is 12.2. The van der Waals surface area contributed by atoms with Gasteiger partial charge in [0.15, 0.2) is 0 Å². The third-order valence-corrected chi connectivity index (χ3v) is 6.87. The van der Waals surface area contributed by atoms with Crippen LogP contribution < -0.4 is 5.14 Å². The highest BCUT2D eigenvalue weighted by Gasteiger charge is 2.30. The van der Waals surface area contributed by atoms with Gasteiger partial charge in [0.2, 0.25) is 10.0 Å². The van der Waals surface area contributed by atoms with E-state index in [4.69, 9.17) is 5.14 Å². The van der Waals surface area contributed by atoms with Gasteiger partial charge in [-0.2, -0.15) is 0 Å². The Hall–Kier alpha value is -0.900. The van der Waals surface area contributed by atoms with E-state index >= 15 is 0 Å². The Morgan fingerprint density at radius 1 is 1.44 bits per heavy atom. The number of rotatable bonds is 3. The highest BCUT2D eigenvalue weighted by Crippen LogP contribution is 2.35. The van der Waals surface area contributed by atoms with Gasteiger partial charge in [-0.3, -0.25) is 4.31 Å². The molecule has 0 spiro atoms. The Balaban J connectivity index is 2.58. The Labute approximate surface area is 110 Å². The van der Waals surface area contributed by atoms with Crippen LogP contribution in [0.3, 0.4) is 0 Å². The van der Waals surface area contributed by atoms with Gasteiger partial charge < -0.3 is 0 Å². The molecule has 1 aromatic heterocycles. The number of hydrogen-bond donors (Lipinski definition) is 1. The van der Waals surface area contributed by atoms with Crippen LogP contribution >= 0.6 is 11.3 Å². The van der Waals surface area contributed by atoms with Crippen molar-refractivity contribution in [3.8, 4) is 0 Å². The van der Waals surface area contributed by atoms with Crippen molar-refractivity contribution in [2.75, 3.05) is 6.54 Å².